The van der Waals surface area contributed by atoms with Crippen molar-refractivity contribution >= 4 is 17.7 Å². The normalized spacial score (nSPS) is 16.6. The number of imide groups is 1. The number of nitriles is 1. The molecule has 0 radical (unpaired) electrons. The molecule has 0 spiro atoms. The van der Waals surface area contributed by atoms with E-state index in [0.29, 0.717) is 49.4 Å². The zero-order chi connectivity index (χ0) is 33.2. The molecule has 1 saturated heterocycles. The minimum atomic E-state index is -1.23. The van der Waals surface area contributed by atoms with Gasteiger partial charge in [0.05, 0.1) is 30.9 Å². The first kappa shape index (κ1) is 33.1. The average Bonchev–Trinajstić information content (AvgIpc) is 3.12. The summed E-state index contributed by atoms with van der Waals surface area (Å²) >= 11 is 0. The number of nitrogens with one attached hydrogen (secondary N) is 2. The molecule has 2 amide bonds. The number of carbonyl (C=O) groups is 2. The van der Waals surface area contributed by atoms with Crippen LogP contribution in [0.5, 0.6) is 5.75 Å². The van der Waals surface area contributed by atoms with Crippen LogP contribution in [0.3, 0.4) is 0 Å². The highest BCUT2D eigenvalue weighted by molar-refractivity contribution is 6.14. The summed E-state index contributed by atoms with van der Waals surface area (Å²) in [6, 6.07) is 28.0. The lowest BCUT2D eigenvalue weighted by molar-refractivity contribution is -0.119. The summed E-state index contributed by atoms with van der Waals surface area (Å²) < 4.78 is 17.2. The molecule has 1 aliphatic heterocycles. The Morgan fingerprint density at radius 3 is 2.23 bits per heavy atom. The number of pyridine rings is 1. The van der Waals surface area contributed by atoms with Crippen LogP contribution < -0.4 is 26.2 Å². The van der Waals surface area contributed by atoms with Gasteiger partial charge >= 0.3 is 6.09 Å². The van der Waals surface area contributed by atoms with Gasteiger partial charge in [-0.3, -0.25) is 9.59 Å². The largest absolute Gasteiger partial charge is 0.491 e. The molecule has 1 fully saturated rings. The van der Waals surface area contributed by atoms with Crippen LogP contribution in [-0.2, 0) is 20.7 Å². The topological polar surface area (TPSA) is 160 Å². The second-order valence-electron chi connectivity index (χ2n) is 11.2. The number of H-pyrrole nitrogens is 1. The Balaban J connectivity index is 1.34. The van der Waals surface area contributed by atoms with Gasteiger partial charge in [0.1, 0.15) is 24.1 Å². The summed E-state index contributed by atoms with van der Waals surface area (Å²) in [4.78, 5) is 44.1. The summed E-state index contributed by atoms with van der Waals surface area (Å²) in [5, 5.41) is 12.4. The Bertz CT molecular complexity index is 1700. The molecule has 4 aromatic rings. The molecular formula is C36H37N5O6. The van der Waals surface area contributed by atoms with Gasteiger partial charge in [0.15, 0.2) is 0 Å². The standard InChI is InChI=1S/C36H37N5O6/c1-45-36(44)41(35(43)32(38)31(25-8-4-2-5-9-25)26-10-6-3-7-11-26)33-27(18-19-40-34(33)42)14-17-29-21-39-22-30(47-29)23-46-28-15-12-24(20-37)13-16-28/h2-13,15-16,18-19,29-32,39H,14,17,21-23,38H2,1H3,(H,40,42)/t29-,30+,32+/m1/s1. The van der Waals surface area contributed by atoms with E-state index in [-0.39, 0.29) is 17.9 Å². The molecule has 0 aliphatic carbocycles. The van der Waals surface area contributed by atoms with Crippen LogP contribution in [-0.4, -0.2) is 62.0 Å². The number of nitrogens with zero attached hydrogens (tertiary/aromatic N) is 2. The molecular weight excluding hydrogens is 598 g/mol. The highest BCUT2D eigenvalue weighted by atomic mass is 16.5. The number of carbonyl (C=O) groups excluding carboxylic acids is 2. The van der Waals surface area contributed by atoms with Crippen LogP contribution in [0.1, 0.15) is 34.6 Å². The molecule has 47 heavy (non-hydrogen) atoms. The van der Waals surface area contributed by atoms with E-state index in [1.54, 1.807) is 30.3 Å². The zero-order valence-electron chi connectivity index (χ0n) is 26.0. The van der Waals surface area contributed by atoms with Crippen molar-refractivity contribution in [1.82, 2.24) is 10.3 Å². The van der Waals surface area contributed by atoms with Crippen molar-refractivity contribution in [2.75, 3.05) is 31.7 Å². The van der Waals surface area contributed by atoms with Gasteiger partial charge in [-0.05, 0) is 59.9 Å². The van der Waals surface area contributed by atoms with E-state index in [0.717, 1.165) is 23.1 Å². The van der Waals surface area contributed by atoms with Crippen LogP contribution in [0.2, 0.25) is 0 Å². The van der Waals surface area contributed by atoms with E-state index in [1.165, 1.54) is 6.20 Å². The maximum atomic E-state index is 14.2. The van der Waals surface area contributed by atoms with Crippen molar-refractivity contribution < 1.29 is 23.8 Å². The summed E-state index contributed by atoms with van der Waals surface area (Å²) in [6.07, 6.45) is 0.817. The Hall–Kier alpha value is -5.28. The number of rotatable bonds is 11. The van der Waals surface area contributed by atoms with Crippen LogP contribution in [0.15, 0.2) is 102 Å². The Kier molecular flexibility index (Phi) is 11.1. The number of hydrogen-bond donors (Lipinski definition) is 3. The maximum absolute atomic E-state index is 14.2. The number of aromatic nitrogens is 1. The molecule has 1 aliphatic rings. The third kappa shape index (κ3) is 8.12. The lowest BCUT2D eigenvalue weighted by Crippen LogP contribution is -2.51. The van der Waals surface area contributed by atoms with Crippen molar-refractivity contribution in [3.05, 3.63) is 130 Å². The number of hydrogen-bond acceptors (Lipinski definition) is 9. The minimum Gasteiger partial charge on any atom is -0.491 e. The smallest absolute Gasteiger partial charge is 0.421 e. The Morgan fingerprint density at radius 2 is 1.62 bits per heavy atom. The SMILES string of the molecule is COC(=O)N(C(=O)[C@@H](N)C(c1ccccc1)c1ccccc1)c1c(CC[C@@H]2CNC[C@@H](COc3ccc(C#N)cc3)O2)cc[nH]c1=O. The minimum absolute atomic E-state index is 0.135. The third-order valence-corrected chi connectivity index (χ3v) is 8.06. The van der Waals surface area contributed by atoms with Gasteiger partial charge in [-0.15, -0.1) is 0 Å². The fraction of sp³-hybridized carbons (Fsp3) is 0.278. The van der Waals surface area contributed by atoms with Gasteiger partial charge < -0.3 is 30.2 Å². The second kappa shape index (κ2) is 15.8. The van der Waals surface area contributed by atoms with Crippen molar-refractivity contribution in [3.63, 3.8) is 0 Å². The zero-order valence-corrected chi connectivity index (χ0v) is 26.0. The van der Waals surface area contributed by atoms with Crippen LogP contribution in [0.25, 0.3) is 0 Å². The van der Waals surface area contributed by atoms with Crippen LogP contribution in [0.4, 0.5) is 10.5 Å². The molecule has 0 saturated carbocycles. The van der Waals surface area contributed by atoms with Gasteiger partial charge in [-0.25, -0.2) is 9.69 Å². The molecule has 3 aromatic carbocycles. The summed E-state index contributed by atoms with van der Waals surface area (Å²) in [5.41, 5.74) is 8.51. The molecule has 0 unspecified atom stereocenters. The molecule has 11 heteroatoms. The van der Waals surface area contributed by atoms with Crippen LogP contribution in [0, 0.1) is 11.3 Å². The number of aromatic amines is 1. The number of anilines is 1. The molecule has 242 valence electrons. The first-order chi connectivity index (χ1) is 22.9. The van der Waals surface area contributed by atoms with Crippen molar-refractivity contribution in [2.24, 2.45) is 5.73 Å². The van der Waals surface area contributed by atoms with Crippen LogP contribution >= 0.6 is 0 Å². The Morgan fingerprint density at radius 1 is 0.979 bits per heavy atom. The fourth-order valence-electron chi connectivity index (χ4n) is 5.73. The van der Waals surface area contributed by atoms with E-state index in [2.05, 4.69) is 16.4 Å². The molecule has 11 nitrogen and oxygen atoms in total. The van der Waals surface area contributed by atoms with Crippen molar-refractivity contribution in [2.45, 2.75) is 37.0 Å². The molecule has 1 aromatic heterocycles. The van der Waals surface area contributed by atoms with E-state index in [4.69, 9.17) is 25.2 Å². The second-order valence-corrected chi connectivity index (χ2v) is 11.2. The monoisotopic (exact) mass is 635 g/mol. The summed E-state index contributed by atoms with van der Waals surface area (Å²) in [7, 11) is 1.15. The number of aryl methyl sites for hydroxylation is 1. The molecule has 3 atom stereocenters. The predicted octanol–water partition coefficient (Wildman–Crippen LogP) is 3.87. The third-order valence-electron chi connectivity index (χ3n) is 8.06. The molecule has 5 rings (SSSR count). The number of ether oxygens (including phenoxy) is 3. The number of nitrogens with two attached hydrogens (primary N) is 1. The highest BCUT2D eigenvalue weighted by Crippen LogP contribution is 2.30. The maximum Gasteiger partial charge on any atom is 0.421 e. The van der Waals surface area contributed by atoms with Crippen molar-refractivity contribution in [3.8, 4) is 11.8 Å². The Labute approximate surface area is 272 Å². The average molecular weight is 636 g/mol. The van der Waals surface area contributed by atoms with E-state index in [1.807, 2.05) is 60.7 Å². The number of amides is 2. The fourth-order valence-corrected chi connectivity index (χ4v) is 5.73. The highest BCUT2D eigenvalue weighted by Gasteiger charge is 2.37. The van der Waals surface area contributed by atoms with Crippen molar-refractivity contribution in [1.29, 1.82) is 5.26 Å². The lowest BCUT2D eigenvalue weighted by Gasteiger charge is -2.31. The number of benzene rings is 3. The lowest BCUT2D eigenvalue weighted by atomic mass is 9.84. The first-order valence-corrected chi connectivity index (χ1v) is 15.4. The summed E-state index contributed by atoms with van der Waals surface area (Å²) in [6.45, 7) is 1.47. The quantitative estimate of drug-likeness (QED) is 0.222. The molecule has 0 bridgehead atoms. The molecule has 2 heterocycles. The first-order valence-electron chi connectivity index (χ1n) is 15.4. The van der Waals surface area contributed by atoms with E-state index >= 15 is 0 Å². The van der Waals surface area contributed by atoms with E-state index < -0.39 is 29.5 Å². The van der Waals surface area contributed by atoms with Gasteiger partial charge in [-0.2, -0.15) is 5.26 Å². The van der Waals surface area contributed by atoms with Gasteiger partial charge in [0, 0.05) is 25.2 Å². The number of methoxy groups -OCH3 is 1. The number of morpholine rings is 1. The van der Waals surface area contributed by atoms with Gasteiger partial charge in [-0.1, -0.05) is 60.7 Å². The van der Waals surface area contributed by atoms with Gasteiger partial charge in [0.25, 0.3) is 11.5 Å². The molecule has 4 N–H and O–H groups in total. The summed E-state index contributed by atoms with van der Waals surface area (Å²) in [5.74, 6) is -0.744. The van der Waals surface area contributed by atoms with Gasteiger partial charge in [0.2, 0.25) is 0 Å². The van der Waals surface area contributed by atoms with E-state index in [9.17, 15) is 14.4 Å². The predicted molar refractivity (Wildman–Crippen MR) is 176 cm³/mol.